The average molecular weight is 273 g/mol. The third-order valence-electron chi connectivity index (χ3n) is 2.51. The lowest BCUT2D eigenvalue weighted by Crippen LogP contribution is -2.35. The number of ether oxygens (including phenoxy) is 1. The molecule has 0 aliphatic rings. The zero-order valence-electron chi connectivity index (χ0n) is 10.9. The number of aromatic nitrogens is 2. The lowest BCUT2D eigenvalue weighted by molar-refractivity contribution is -0.122. The minimum absolute atomic E-state index is 0.0923. The van der Waals surface area contributed by atoms with Gasteiger partial charge in [0.05, 0.1) is 6.54 Å². The molecule has 0 spiro atoms. The fraction of sp³-hybridized carbons (Fsp3) is 0.214. The second-order valence-corrected chi connectivity index (χ2v) is 4.03. The van der Waals surface area contributed by atoms with E-state index in [9.17, 15) is 9.59 Å². The number of rotatable bonds is 6. The molecule has 0 atom stereocenters. The van der Waals surface area contributed by atoms with Crippen molar-refractivity contribution in [2.45, 2.75) is 6.54 Å². The van der Waals surface area contributed by atoms with E-state index < -0.39 is 0 Å². The highest BCUT2D eigenvalue weighted by Gasteiger charge is 2.04. The van der Waals surface area contributed by atoms with Crippen LogP contribution in [0.4, 0.5) is 0 Å². The van der Waals surface area contributed by atoms with Crippen LogP contribution in [-0.2, 0) is 11.3 Å². The van der Waals surface area contributed by atoms with E-state index in [1.54, 1.807) is 0 Å². The molecule has 0 radical (unpaired) electrons. The van der Waals surface area contributed by atoms with Gasteiger partial charge in [-0.2, -0.15) is 5.10 Å². The van der Waals surface area contributed by atoms with Gasteiger partial charge in [0.15, 0.2) is 0 Å². The van der Waals surface area contributed by atoms with Crippen LogP contribution >= 0.6 is 0 Å². The van der Waals surface area contributed by atoms with Crippen molar-refractivity contribution in [2.75, 3.05) is 13.2 Å². The summed E-state index contributed by atoms with van der Waals surface area (Å²) in [6.07, 6.45) is 1.47. The van der Waals surface area contributed by atoms with Gasteiger partial charge in [-0.15, -0.1) is 0 Å². The normalized spacial score (nSPS) is 10.0. The van der Waals surface area contributed by atoms with Crippen LogP contribution in [0.1, 0.15) is 0 Å². The van der Waals surface area contributed by atoms with Gasteiger partial charge < -0.3 is 10.1 Å². The van der Waals surface area contributed by atoms with Crippen LogP contribution in [0.5, 0.6) is 5.75 Å². The Hall–Kier alpha value is -2.63. The third kappa shape index (κ3) is 4.24. The van der Waals surface area contributed by atoms with Crippen molar-refractivity contribution in [1.82, 2.24) is 15.1 Å². The van der Waals surface area contributed by atoms with Crippen LogP contribution < -0.4 is 15.6 Å². The van der Waals surface area contributed by atoms with E-state index >= 15 is 0 Å². The molecule has 0 aliphatic heterocycles. The molecule has 0 saturated carbocycles. The van der Waals surface area contributed by atoms with Crippen LogP contribution in [-0.4, -0.2) is 28.8 Å². The Kier molecular flexibility index (Phi) is 4.88. The van der Waals surface area contributed by atoms with Gasteiger partial charge >= 0.3 is 0 Å². The third-order valence-corrected chi connectivity index (χ3v) is 2.51. The van der Waals surface area contributed by atoms with Gasteiger partial charge in [-0.05, 0) is 18.2 Å². The summed E-state index contributed by atoms with van der Waals surface area (Å²) in [6, 6.07) is 12.2. The highest BCUT2D eigenvalue weighted by atomic mass is 16.5. The Morgan fingerprint density at radius 3 is 2.75 bits per heavy atom. The molecule has 2 rings (SSSR count). The highest BCUT2D eigenvalue weighted by Crippen LogP contribution is 2.07. The van der Waals surface area contributed by atoms with Gasteiger partial charge in [-0.1, -0.05) is 18.2 Å². The molecule has 20 heavy (non-hydrogen) atoms. The Balaban J connectivity index is 1.71. The number of carbonyl (C=O) groups is 1. The van der Waals surface area contributed by atoms with E-state index in [2.05, 4.69) is 10.4 Å². The number of nitrogens with zero attached hydrogens (tertiary/aromatic N) is 2. The van der Waals surface area contributed by atoms with Gasteiger partial charge in [0.2, 0.25) is 5.91 Å². The first-order chi connectivity index (χ1) is 9.75. The van der Waals surface area contributed by atoms with E-state index in [1.807, 2.05) is 30.3 Å². The number of benzene rings is 1. The molecule has 0 unspecified atom stereocenters. The van der Waals surface area contributed by atoms with E-state index in [0.717, 1.165) is 10.4 Å². The van der Waals surface area contributed by atoms with Crippen molar-refractivity contribution in [2.24, 2.45) is 0 Å². The molecule has 1 N–H and O–H groups in total. The smallest absolute Gasteiger partial charge is 0.267 e. The Labute approximate surface area is 116 Å². The van der Waals surface area contributed by atoms with Crippen molar-refractivity contribution < 1.29 is 9.53 Å². The molecular weight excluding hydrogens is 258 g/mol. The molecular formula is C14H15N3O3. The summed E-state index contributed by atoms with van der Waals surface area (Å²) in [7, 11) is 0. The number of nitrogens with one attached hydrogen (secondary N) is 1. The van der Waals surface area contributed by atoms with Gasteiger partial charge in [0, 0.05) is 12.3 Å². The number of para-hydroxylation sites is 1. The lowest BCUT2D eigenvalue weighted by Gasteiger charge is -2.08. The summed E-state index contributed by atoms with van der Waals surface area (Å²) in [5, 5.41) is 6.47. The predicted octanol–water partition coefficient (Wildman–Crippen LogP) is 0.438. The van der Waals surface area contributed by atoms with Gasteiger partial charge in [0.1, 0.15) is 18.9 Å². The summed E-state index contributed by atoms with van der Waals surface area (Å²) >= 11 is 0. The van der Waals surface area contributed by atoms with Crippen LogP contribution in [0.2, 0.25) is 0 Å². The summed E-state index contributed by atoms with van der Waals surface area (Å²) in [4.78, 5) is 23.0. The van der Waals surface area contributed by atoms with E-state index in [4.69, 9.17) is 4.74 Å². The quantitative estimate of drug-likeness (QED) is 0.775. The highest BCUT2D eigenvalue weighted by molar-refractivity contribution is 5.75. The topological polar surface area (TPSA) is 73.2 Å². The van der Waals surface area contributed by atoms with Crippen molar-refractivity contribution in [3.8, 4) is 5.75 Å². The van der Waals surface area contributed by atoms with Gasteiger partial charge in [-0.25, -0.2) is 4.68 Å². The largest absolute Gasteiger partial charge is 0.492 e. The number of carbonyl (C=O) groups excluding carboxylic acids is 1. The number of hydrogen-bond donors (Lipinski definition) is 1. The second kappa shape index (κ2) is 7.08. The first-order valence-electron chi connectivity index (χ1n) is 6.22. The van der Waals surface area contributed by atoms with Crippen molar-refractivity contribution in [1.29, 1.82) is 0 Å². The monoisotopic (exact) mass is 273 g/mol. The second-order valence-electron chi connectivity index (χ2n) is 4.03. The minimum Gasteiger partial charge on any atom is -0.492 e. The lowest BCUT2D eigenvalue weighted by atomic mass is 10.3. The molecule has 6 nitrogen and oxygen atoms in total. The molecule has 2 aromatic rings. The van der Waals surface area contributed by atoms with Crippen LogP contribution in [0.15, 0.2) is 53.5 Å². The molecule has 0 aliphatic carbocycles. The van der Waals surface area contributed by atoms with Crippen molar-refractivity contribution in [3.63, 3.8) is 0 Å². The number of hydrogen-bond acceptors (Lipinski definition) is 4. The SMILES string of the molecule is O=C(Cn1ncccc1=O)NCCOc1ccccc1. The van der Waals surface area contributed by atoms with Crippen molar-refractivity contribution >= 4 is 5.91 Å². The summed E-state index contributed by atoms with van der Waals surface area (Å²) in [5.41, 5.74) is -0.303. The first-order valence-corrected chi connectivity index (χ1v) is 6.22. The fourth-order valence-corrected chi connectivity index (χ4v) is 1.57. The summed E-state index contributed by atoms with van der Waals surface area (Å²) < 4.78 is 6.54. The molecule has 0 saturated heterocycles. The van der Waals surface area contributed by atoms with Gasteiger partial charge in [-0.3, -0.25) is 9.59 Å². The molecule has 1 aromatic heterocycles. The molecule has 1 aromatic carbocycles. The van der Waals surface area contributed by atoms with Crippen LogP contribution in [0, 0.1) is 0 Å². The summed E-state index contributed by atoms with van der Waals surface area (Å²) in [5.74, 6) is 0.477. The molecule has 0 bridgehead atoms. The molecule has 0 fully saturated rings. The maximum Gasteiger partial charge on any atom is 0.267 e. The maximum atomic E-state index is 11.6. The van der Waals surface area contributed by atoms with E-state index in [0.29, 0.717) is 13.2 Å². The van der Waals surface area contributed by atoms with Crippen LogP contribution in [0.25, 0.3) is 0 Å². The van der Waals surface area contributed by atoms with E-state index in [1.165, 1.54) is 18.3 Å². The molecule has 6 heteroatoms. The zero-order valence-corrected chi connectivity index (χ0v) is 10.9. The molecule has 1 amide bonds. The fourth-order valence-electron chi connectivity index (χ4n) is 1.57. The maximum absolute atomic E-state index is 11.6. The first kappa shape index (κ1) is 13.8. The average Bonchev–Trinajstić information content (AvgIpc) is 2.47. The Morgan fingerprint density at radius 1 is 1.20 bits per heavy atom. The Bertz CT molecular complexity index is 610. The molecule has 104 valence electrons. The molecule has 1 heterocycles. The van der Waals surface area contributed by atoms with Crippen molar-refractivity contribution in [3.05, 3.63) is 59.0 Å². The number of amides is 1. The zero-order chi connectivity index (χ0) is 14.2. The standard InChI is InChI=1S/C14H15N3O3/c18-13(11-17-14(19)7-4-8-16-17)15-9-10-20-12-5-2-1-3-6-12/h1-8H,9-11H2,(H,15,18). The van der Waals surface area contributed by atoms with E-state index in [-0.39, 0.29) is 18.0 Å². The summed E-state index contributed by atoms with van der Waals surface area (Å²) in [6.45, 7) is 0.646. The van der Waals surface area contributed by atoms with Crippen LogP contribution in [0.3, 0.4) is 0 Å². The predicted molar refractivity (Wildman–Crippen MR) is 73.4 cm³/mol. The Morgan fingerprint density at radius 2 is 2.00 bits per heavy atom. The van der Waals surface area contributed by atoms with Gasteiger partial charge in [0.25, 0.3) is 5.56 Å². The minimum atomic E-state index is -0.303.